The number of amides is 3. The molecule has 3 aliphatic heterocycles. The number of aliphatic hydroxyl groups excluding tert-OH is 1. The summed E-state index contributed by atoms with van der Waals surface area (Å²) in [6.07, 6.45) is 6.23. The molecule has 5 atom stereocenters. The van der Waals surface area contributed by atoms with Gasteiger partial charge in [-0.25, -0.2) is 0 Å². The number of benzene rings is 1. The zero-order valence-corrected chi connectivity index (χ0v) is 21.8. The summed E-state index contributed by atoms with van der Waals surface area (Å²) >= 11 is 0. The molecule has 0 saturated carbocycles. The number of rotatable bonds is 13. The van der Waals surface area contributed by atoms with Gasteiger partial charge in [0.1, 0.15) is 11.6 Å². The van der Waals surface area contributed by atoms with E-state index in [-0.39, 0.29) is 30.9 Å². The van der Waals surface area contributed by atoms with Crippen molar-refractivity contribution < 1.29 is 24.2 Å². The van der Waals surface area contributed by atoms with E-state index in [9.17, 15) is 19.5 Å². The Hall–Kier alpha value is -2.97. The SMILES string of the molecule is C=CCN(CCCC)C(=O)C1N(CCCO)C(=O)[C@@H]2[C@@H](C(=O)N(CC=C)c3ccccc3)[C@H]3CCC12O3. The fraction of sp³-hybridized carbons (Fsp3) is 0.552. The van der Waals surface area contributed by atoms with Crippen molar-refractivity contribution in [3.63, 3.8) is 0 Å². The predicted molar refractivity (Wildman–Crippen MR) is 142 cm³/mol. The van der Waals surface area contributed by atoms with Gasteiger partial charge in [-0.1, -0.05) is 43.7 Å². The number of carbonyl (C=O) groups excluding carboxylic acids is 3. The fourth-order valence-corrected chi connectivity index (χ4v) is 6.40. The largest absolute Gasteiger partial charge is 0.396 e. The summed E-state index contributed by atoms with van der Waals surface area (Å²) in [5.41, 5.74) is -0.312. The highest BCUT2D eigenvalue weighted by Crippen LogP contribution is 2.59. The van der Waals surface area contributed by atoms with Crippen LogP contribution in [0.4, 0.5) is 5.69 Å². The molecule has 3 aliphatic rings. The van der Waals surface area contributed by atoms with E-state index in [1.54, 1.807) is 26.9 Å². The van der Waals surface area contributed by atoms with Crippen molar-refractivity contribution in [2.24, 2.45) is 11.8 Å². The number of hydrogen-bond donors (Lipinski definition) is 1. The number of carbonyl (C=O) groups is 3. The molecule has 2 bridgehead atoms. The average Bonchev–Trinajstić information content (AvgIpc) is 3.55. The molecule has 1 aromatic rings. The molecule has 1 aromatic carbocycles. The third-order valence-corrected chi connectivity index (χ3v) is 7.96. The number of unbranched alkanes of at least 4 members (excludes halogenated alkanes) is 1. The molecule has 0 aliphatic carbocycles. The molecule has 3 fully saturated rings. The summed E-state index contributed by atoms with van der Waals surface area (Å²) < 4.78 is 6.56. The van der Waals surface area contributed by atoms with Crippen LogP contribution in [0.25, 0.3) is 0 Å². The second-order valence-corrected chi connectivity index (χ2v) is 10.2. The summed E-state index contributed by atoms with van der Waals surface area (Å²) in [5.74, 6) is -1.99. The lowest BCUT2D eigenvalue weighted by Gasteiger charge is -2.37. The van der Waals surface area contributed by atoms with Crippen molar-refractivity contribution in [2.45, 2.75) is 56.8 Å². The Bertz CT molecular complexity index is 1010. The van der Waals surface area contributed by atoms with Gasteiger partial charge in [-0.15, -0.1) is 13.2 Å². The van der Waals surface area contributed by atoms with Crippen LogP contribution >= 0.6 is 0 Å². The van der Waals surface area contributed by atoms with E-state index >= 15 is 0 Å². The Morgan fingerprint density at radius 3 is 2.54 bits per heavy atom. The Morgan fingerprint density at radius 2 is 1.89 bits per heavy atom. The van der Waals surface area contributed by atoms with E-state index < -0.39 is 29.6 Å². The Labute approximate surface area is 219 Å². The van der Waals surface area contributed by atoms with Crippen LogP contribution in [-0.4, -0.2) is 83.2 Å². The lowest BCUT2D eigenvalue weighted by atomic mass is 9.70. The zero-order chi connectivity index (χ0) is 26.6. The molecule has 0 aromatic heterocycles. The number of hydrogen-bond acceptors (Lipinski definition) is 5. The molecule has 8 nitrogen and oxygen atoms in total. The van der Waals surface area contributed by atoms with Gasteiger partial charge in [0, 0.05) is 38.5 Å². The first kappa shape index (κ1) is 27.1. The van der Waals surface area contributed by atoms with Crippen molar-refractivity contribution >= 4 is 23.4 Å². The second-order valence-electron chi connectivity index (χ2n) is 10.2. The van der Waals surface area contributed by atoms with Crippen LogP contribution < -0.4 is 4.90 Å². The third kappa shape index (κ3) is 4.73. The van der Waals surface area contributed by atoms with Crippen molar-refractivity contribution in [3.8, 4) is 0 Å². The molecule has 1 spiro atoms. The van der Waals surface area contributed by atoms with Gasteiger partial charge in [-0.2, -0.15) is 0 Å². The first-order valence-electron chi connectivity index (χ1n) is 13.4. The van der Waals surface area contributed by atoms with Crippen molar-refractivity contribution in [2.75, 3.05) is 37.7 Å². The van der Waals surface area contributed by atoms with E-state index in [0.29, 0.717) is 38.9 Å². The van der Waals surface area contributed by atoms with Crippen LogP contribution in [0.2, 0.25) is 0 Å². The standard InChI is InChI=1S/C29H39N3O5/c1-4-7-18-30(16-5-2)28(36)25-29-15-14-22(37-29)23(24(29)27(35)32(25)19-11-20-33)26(34)31(17-6-3)21-12-9-8-10-13-21/h5-6,8-10,12-13,22-25,33H,2-4,7,11,14-20H2,1H3/t22-,23+,24+,25?,29?/m1/s1. The average molecular weight is 510 g/mol. The third-order valence-electron chi connectivity index (χ3n) is 7.96. The van der Waals surface area contributed by atoms with Crippen LogP contribution in [0, 0.1) is 11.8 Å². The molecular formula is C29H39N3O5. The van der Waals surface area contributed by atoms with Gasteiger partial charge in [0.2, 0.25) is 17.7 Å². The Kier molecular flexibility index (Phi) is 8.49. The maximum atomic E-state index is 14.1. The normalized spacial score (nSPS) is 27.7. The number of ether oxygens (including phenoxy) is 1. The van der Waals surface area contributed by atoms with Crippen LogP contribution in [0.5, 0.6) is 0 Å². The first-order valence-corrected chi connectivity index (χ1v) is 13.4. The van der Waals surface area contributed by atoms with Gasteiger partial charge in [0.15, 0.2) is 0 Å². The molecule has 37 heavy (non-hydrogen) atoms. The van der Waals surface area contributed by atoms with Gasteiger partial charge < -0.3 is 24.5 Å². The number of fused-ring (bicyclic) bond motifs is 1. The highest BCUT2D eigenvalue weighted by Gasteiger charge is 2.74. The van der Waals surface area contributed by atoms with E-state index in [1.165, 1.54) is 0 Å². The molecule has 4 rings (SSSR count). The molecule has 3 heterocycles. The molecule has 0 radical (unpaired) electrons. The zero-order valence-electron chi connectivity index (χ0n) is 21.8. The monoisotopic (exact) mass is 509 g/mol. The minimum Gasteiger partial charge on any atom is -0.396 e. The van der Waals surface area contributed by atoms with Gasteiger partial charge in [-0.3, -0.25) is 14.4 Å². The van der Waals surface area contributed by atoms with E-state index in [2.05, 4.69) is 20.1 Å². The smallest absolute Gasteiger partial charge is 0.248 e. The maximum absolute atomic E-state index is 14.1. The lowest BCUT2D eigenvalue weighted by molar-refractivity contribution is -0.147. The Balaban J connectivity index is 1.71. The molecule has 3 saturated heterocycles. The summed E-state index contributed by atoms with van der Waals surface area (Å²) in [4.78, 5) is 47.1. The fourth-order valence-electron chi connectivity index (χ4n) is 6.40. The van der Waals surface area contributed by atoms with Gasteiger partial charge >= 0.3 is 0 Å². The van der Waals surface area contributed by atoms with Crippen LogP contribution in [0.15, 0.2) is 55.6 Å². The second kappa shape index (κ2) is 11.6. The summed E-state index contributed by atoms with van der Waals surface area (Å²) in [6, 6.07) is 8.53. The van der Waals surface area contributed by atoms with Crippen molar-refractivity contribution in [3.05, 3.63) is 55.6 Å². The van der Waals surface area contributed by atoms with Crippen molar-refractivity contribution in [1.82, 2.24) is 9.80 Å². The number of aliphatic hydroxyl groups is 1. The predicted octanol–water partition coefficient (Wildman–Crippen LogP) is 2.78. The summed E-state index contributed by atoms with van der Waals surface area (Å²) in [5, 5.41) is 9.53. The highest BCUT2D eigenvalue weighted by atomic mass is 16.5. The molecule has 1 N–H and O–H groups in total. The quantitative estimate of drug-likeness (QED) is 0.413. The van der Waals surface area contributed by atoms with E-state index in [1.807, 2.05) is 30.3 Å². The highest BCUT2D eigenvalue weighted by molar-refractivity contribution is 6.03. The molecule has 2 unspecified atom stereocenters. The summed E-state index contributed by atoms with van der Waals surface area (Å²) in [7, 11) is 0. The number of para-hydroxylation sites is 1. The Morgan fingerprint density at radius 1 is 1.16 bits per heavy atom. The molecule has 200 valence electrons. The lowest BCUT2D eigenvalue weighted by Crippen LogP contribution is -2.56. The maximum Gasteiger partial charge on any atom is 0.248 e. The van der Waals surface area contributed by atoms with Gasteiger partial charge in [-0.05, 0) is 37.8 Å². The van der Waals surface area contributed by atoms with Crippen molar-refractivity contribution in [1.29, 1.82) is 0 Å². The minimum absolute atomic E-state index is 0.0957. The number of nitrogens with zero attached hydrogens (tertiary/aromatic N) is 3. The first-order chi connectivity index (χ1) is 17.9. The minimum atomic E-state index is -1.04. The molecule has 8 heteroatoms. The van der Waals surface area contributed by atoms with Crippen LogP contribution in [-0.2, 0) is 19.1 Å². The topological polar surface area (TPSA) is 90.4 Å². The number of anilines is 1. The van der Waals surface area contributed by atoms with Gasteiger partial charge in [0.05, 0.1) is 17.9 Å². The van der Waals surface area contributed by atoms with Gasteiger partial charge in [0.25, 0.3) is 0 Å². The number of likely N-dealkylation sites (tertiary alicyclic amines) is 1. The summed E-state index contributed by atoms with van der Waals surface area (Å²) in [6.45, 7) is 11.1. The van der Waals surface area contributed by atoms with Crippen LogP contribution in [0.3, 0.4) is 0 Å². The molecule has 3 amide bonds. The van der Waals surface area contributed by atoms with E-state index in [0.717, 1.165) is 18.5 Å². The van der Waals surface area contributed by atoms with E-state index in [4.69, 9.17) is 4.74 Å². The molecular weight excluding hydrogens is 470 g/mol. The van der Waals surface area contributed by atoms with Crippen LogP contribution in [0.1, 0.15) is 39.0 Å².